The Balaban J connectivity index is 0.00000420. The molecule has 2 N–H and O–H groups in total. The van der Waals surface area contributed by atoms with Crippen molar-refractivity contribution in [1.82, 2.24) is 10.6 Å². The van der Waals surface area contributed by atoms with Gasteiger partial charge in [0.1, 0.15) is 0 Å². The molecule has 2 rings (SSSR count). The Morgan fingerprint density at radius 3 is 2.34 bits per heavy atom. The van der Waals surface area contributed by atoms with E-state index in [0.29, 0.717) is 17.4 Å². The quantitative estimate of drug-likeness (QED) is 0.312. The molecule has 29 heavy (non-hydrogen) atoms. The van der Waals surface area contributed by atoms with Crippen LogP contribution in [0.25, 0.3) is 0 Å². The second kappa shape index (κ2) is 12.0. The molecule has 0 aliphatic heterocycles. The van der Waals surface area contributed by atoms with Crippen molar-refractivity contribution in [2.75, 3.05) is 37.8 Å². The molecule has 0 saturated heterocycles. The number of nitrogens with zero attached hydrogens (tertiary/aromatic N) is 2. The van der Waals surface area contributed by atoms with Crippen LogP contribution < -0.4 is 15.5 Å². The molecule has 0 unspecified atom stereocenters. The van der Waals surface area contributed by atoms with Crippen LogP contribution in [0.3, 0.4) is 0 Å². The third-order valence-corrected chi connectivity index (χ3v) is 5.59. The third kappa shape index (κ3) is 8.22. The summed E-state index contributed by atoms with van der Waals surface area (Å²) in [5.41, 5.74) is 3.46. The topological polar surface area (TPSA) is 73.8 Å². The number of aliphatic imine (C=N–C) groups is 1. The zero-order valence-corrected chi connectivity index (χ0v) is 20.6. The van der Waals surface area contributed by atoms with Gasteiger partial charge in [0.15, 0.2) is 15.8 Å². The van der Waals surface area contributed by atoms with Crippen molar-refractivity contribution < 1.29 is 8.42 Å². The number of likely N-dealkylation sites (N-methyl/N-ethyl adjacent to an activating group) is 1. The van der Waals surface area contributed by atoms with E-state index in [-0.39, 0.29) is 24.0 Å². The lowest BCUT2D eigenvalue weighted by atomic mass is 10.2. The van der Waals surface area contributed by atoms with Gasteiger partial charge in [-0.25, -0.2) is 8.42 Å². The van der Waals surface area contributed by atoms with Crippen molar-refractivity contribution in [3.63, 3.8) is 0 Å². The molecule has 0 aliphatic carbocycles. The highest BCUT2D eigenvalue weighted by Crippen LogP contribution is 2.15. The van der Waals surface area contributed by atoms with Gasteiger partial charge in [0, 0.05) is 45.2 Å². The first-order chi connectivity index (χ1) is 13.3. The largest absolute Gasteiger partial charge is 0.370 e. The molecule has 0 bridgehead atoms. The van der Waals surface area contributed by atoms with Gasteiger partial charge in [-0.1, -0.05) is 24.3 Å². The summed E-state index contributed by atoms with van der Waals surface area (Å²) >= 11 is 0. The second-order valence-electron chi connectivity index (χ2n) is 6.69. The third-order valence-electron chi connectivity index (χ3n) is 4.46. The summed E-state index contributed by atoms with van der Waals surface area (Å²) in [6, 6.07) is 15.4. The number of guanidine groups is 1. The van der Waals surface area contributed by atoms with Crippen LogP contribution >= 0.6 is 24.0 Å². The van der Waals surface area contributed by atoms with Crippen LogP contribution in [0.1, 0.15) is 18.1 Å². The van der Waals surface area contributed by atoms with E-state index in [1.807, 2.05) is 12.1 Å². The Morgan fingerprint density at radius 1 is 1.10 bits per heavy atom. The Labute approximate surface area is 191 Å². The lowest BCUT2D eigenvalue weighted by Crippen LogP contribution is -2.41. The maximum absolute atomic E-state index is 11.5. The number of halogens is 1. The molecule has 0 radical (unpaired) electrons. The van der Waals surface area contributed by atoms with Crippen LogP contribution in [0.15, 0.2) is 58.4 Å². The summed E-state index contributed by atoms with van der Waals surface area (Å²) in [6.45, 7) is 7.38. The highest BCUT2D eigenvalue weighted by atomic mass is 127. The molecule has 0 saturated carbocycles. The molecule has 0 fully saturated rings. The van der Waals surface area contributed by atoms with Crippen molar-refractivity contribution in [1.29, 1.82) is 0 Å². The summed E-state index contributed by atoms with van der Waals surface area (Å²) < 4.78 is 23.1. The molecule has 0 spiro atoms. The molecule has 0 aliphatic rings. The number of hydrogen-bond donors (Lipinski definition) is 2. The van der Waals surface area contributed by atoms with E-state index >= 15 is 0 Å². The molecular formula is C21H31IN4O2S. The molecular weight excluding hydrogens is 499 g/mol. The van der Waals surface area contributed by atoms with Crippen molar-refractivity contribution in [3.05, 3.63) is 59.7 Å². The van der Waals surface area contributed by atoms with E-state index in [9.17, 15) is 8.42 Å². The number of nitrogens with one attached hydrogen (secondary N) is 2. The van der Waals surface area contributed by atoms with Gasteiger partial charge in [-0.3, -0.25) is 4.99 Å². The number of benzene rings is 2. The van der Waals surface area contributed by atoms with Crippen LogP contribution in [0, 0.1) is 6.92 Å². The predicted molar refractivity (Wildman–Crippen MR) is 132 cm³/mol. The van der Waals surface area contributed by atoms with E-state index < -0.39 is 9.84 Å². The highest BCUT2D eigenvalue weighted by Gasteiger charge is 2.07. The molecule has 2 aromatic rings. The zero-order chi connectivity index (χ0) is 20.6. The molecule has 2 aromatic carbocycles. The fourth-order valence-corrected chi connectivity index (χ4v) is 3.50. The fourth-order valence-electron chi connectivity index (χ4n) is 2.86. The van der Waals surface area contributed by atoms with Crippen molar-refractivity contribution in [2.45, 2.75) is 25.3 Å². The minimum atomic E-state index is -3.17. The Bertz CT molecular complexity index is 899. The lowest BCUT2D eigenvalue weighted by Gasteiger charge is -2.24. The van der Waals surface area contributed by atoms with Crippen molar-refractivity contribution >= 4 is 45.5 Å². The van der Waals surface area contributed by atoms with E-state index in [2.05, 4.69) is 58.6 Å². The normalized spacial score (nSPS) is 11.5. The molecule has 0 aromatic heterocycles. The summed E-state index contributed by atoms with van der Waals surface area (Å²) in [6.07, 6.45) is 1.21. The summed E-state index contributed by atoms with van der Waals surface area (Å²) in [4.78, 5) is 6.89. The minimum Gasteiger partial charge on any atom is -0.370 e. The average Bonchev–Trinajstić information content (AvgIpc) is 2.67. The van der Waals surface area contributed by atoms with Gasteiger partial charge in [-0.2, -0.15) is 0 Å². The van der Waals surface area contributed by atoms with Gasteiger partial charge in [-0.05, 0) is 49.2 Å². The number of rotatable bonds is 8. The molecule has 160 valence electrons. The van der Waals surface area contributed by atoms with Gasteiger partial charge >= 0.3 is 0 Å². The first-order valence-corrected chi connectivity index (χ1v) is 11.3. The first kappa shape index (κ1) is 25.2. The maximum atomic E-state index is 11.5. The van der Waals surface area contributed by atoms with E-state index in [4.69, 9.17) is 0 Å². The Hall–Kier alpha value is -1.81. The van der Waals surface area contributed by atoms with Crippen LogP contribution in [0.2, 0.25) is 0 Å². The van der Waals surface area contributed by atoms with Gasteiger partial charge in [0.2, 0.25) is 0 Å². The number of aryl methyl sites for hydroxylation is 1. The van der Waals surface area contributed by atoms with Crippen molar-refractivity contribution in [3.8, 4) is 0 Å². The zero-order valence-electron chi connectivity index (χ0n) is 17.5. The van der Waals surface area contributed by atoms with Crippen LogP contribution in [0.4, 0.5) is 5.69 Å². The molecule has 0 heterocycles. The standard InChI is InChI=1S/C21H30N4O2S.HI/c1-5-25(19-8-6-7-17(2)15-19)14-13-23-21(22-3)24-16-18-9-11-20(12-10-18)28(4,26)27;/h6-12,15H,5,13-14,16H2,1-4H3,(H2,22,23,24);1H. The minimum absolute atomic E-state index is 0. The van der Waals surface area contributed by atoms with Crippen LogP contribution in [-0.4, -0.2) is 47.3 Å². The summed E-state index contributed by atoms with van der Waals surface area (Å²) in [7, 11) is -1.43. The summed E-state index contributed by atoms with van der Waals surface area (Å²) in [5.74, 6) is 0.715. The smallest absolute Gasteiger partial charge is 0.191 e. The van der Waals surface area contributed by atoms with Gasteiger partial charge < -0.3 is 15.5 Å². The van der Waals surface area contributed by atoms with Crippen molar-refractivity contribution in [2.24, 2.45) is 4.99 Å². The lowest BCUT2D eigenvalue weighted by molar-refractivity contribution is 0.602. The van der Waals surface area contributed by atoms with E-state index in [1.165, 1.54) is 17.5 Å². The fraction of sp³-hybridized carbons (Fsp3) is 0.381. The molecule has 6 nitrogen and oxygen atoms in total. The monoisotopic (exact) mass is 530 g/mol. The summed E-state index contributed by atoms with van der Waals surface area (Å²) in [5, 5.41) is 6.58. The SMILES string of the molecule is CCN(CCNC(=NC)NCc1ccc(S(C)(=O)=O)cc1)c1cccc(C)c1.I. The van der Waals surface area contributed by atoms with E-state index in [1.54, 1.807) is 19.2 Å². The predicted octanol–water partition coefficient (Wildman–Crippen LogP) is 3.21. The Kier molecular flexibility index (Phi) is 10.5. The highest BCUT2D eigenvalue weighted by molar-refractivity contribution is 14.0. The molecule has 0 amide bonds. The maximum Gasteiger partial charge on any atom is 0.191 e. The van der Waals surface area contributed by atoms with Gasteiger partial charge in [0.25, 0.3) is 0 Å². The van der Waals surface area contributed by atoms with Gasteiger partial charge in [0.05, 0.1) is 4.90 Å². The van der Waals surface area contributed by atoms with E-state index in [0.717, 1.165) is 25.2 Å². The molecule has 8 heteroatoms. The number of anilines is 1. The first-order valence-electron chi connectivity index (χ1n) is 9.38. The second-order valence-corrected chi connectivity index (χ2v) is 8.70. The Morgan fingerprint density at radius 2 is 1.79 bits per heavy atom. The number of sulfone groups is 1. The number of hydrogen-bond acceptors (Lipinski definition) is 4. The molecule has 0 atom stereocenters. The van der Waals surface area contributed by atoms with Crippen LogP contribution in [0.5, 0.6) is 0 Å². The van der Waals surface area contributed by atoms with Crippen LogP contribution in [-0.2, 0) is 16.4 Å². The van der Waals surface area contributed by atoms with Gasteiger partial charge in [-0.15, -0.1) is 24.0 Å². The average molecular weight is 530 g/mol.